The van der Waals surface area contributed by atoms with Crippen LogP contribution in [-0.2, 0) is 6.42 Å². The van der Waals surface area contributed by atoms with Crippen LogP contribution in [0.15, 0.2) is 118 Å². The van der Waals surface area contributed by atoms with Crippen LogP contribution in [0.3, 0.4) is 0 Å². The number of para-hydroxylation sites is 1. The van der Waals surface area contributed by atoms with Crippen LogP contribution in [0, 0.1) is 0 Å². The summed E-state index contributed by atoms with van der Waals surface area (Å²) in [6, 6.07) is 34.9. The maximum atomic E-state index is 14.4. The second kappa shape index (κ2) is 9.86. The van der Waals surface area contributed by atoms with E-state index >= 15 is 0 Å². The number of hydrogen-bond acceptors (Lipinski definition) is 4. The summed E-state index contributed by atoms with van der Waals surface area (Å²) < 4.78 is 8.02. The zero-order valence-electron chi connectivity index (χ0n) is 23.0. The molecule has 0 unspecified atom stereocenters. The fraction of sp³-hybridized carbons (Fsp3) is 0.111. The van der Waals surface area contributed by atoms with Crippen molar-refractivity contribution in [2.75, 3.05) is 7.11 Å². The van der Waals surface area contributed by atoms with Gasteiger partial charge in [-0.2, -0.15) is 0 Å². The monoisotopic (exact) mass is 565 g/mol. The van der Waals surface area contributed by atoms with Crippen molar-refractivity contribution in [3.05, 3.63) is 151 Å². The lowest BCUT2D eigenvalue weighted by Gasteiger charge is -2.30. The van der Waals surface area contributed by atoms with E-state index < -0.39 is 0 Å². The van der Waals surface area contributed by atoms with Gasteiger partial charge in [0.2, 0.25) is 0 Å². The zero-order valence-corrected chi connectivity index (χ0v) is 23.8. The van der Waals surface area contributed by atoms with Gasteiger partial charge in [0.25, 0.3) is 5.56 Å². The molecule has 1 aliphatic carbocycles. The van der Waals surface area contributed by atoms with Crippen LogP contribution in [0.5, 0.6) is 5.75 Å². The molecule has 5 nitrogen and oxygen atoms in total. The second-order valence-corrected chi connectivity index (χ2v) is 11.7. The first-order chi connectivity index (χ1) is 20.7. The highest BCUT2D eigenvalue weighted by Gasteiger charge is 2.32. The zero-order chi connectivity index (χ0) is 28.2. The molecule has 2 aliphatic rings. The molecule has 6 heteroatoms. The van der Waals surface area contributed by atoms with E-state index in [1.165, 1.54) is 22.5 Å². The number of methoxy groups -OCH3 is 1. The standard InChI is InChI=1S/C36H27N3O2S/c1-41-25-18-15-24(16-19-25)34-28-20-17-22-9-5-6-12-26(22)33(28)38-36-39(34)35(40)31(42-36)21-29-27-13-7-8-14-30(27)37-32(29)23-10-3-2-4-11-23/h2-16,18-19,21,34,37H,17,20H2,1H3/b31-21+/t34-/m1/s1. The number of hydrogen-bond donors (Lipinski definition) is 1. The van der Waals surface area contributed by atoms with Gasteiger partial charge in [-0.25, -0.2) is 4.99 Å². The molecular formula is C36H27N3O2S. The summed E-state index contributed by atoms with van der Waals surface area (Å²) in [6.07, 6.45) is 3.83. The average molecular weight is 566 g/mol. The lowest BCUT2D eigenvalue weighted by molar-refractivity contribution is 0.414. The van der Waals surface area contributed by atoms with Crippen molar-refractivity contribution in [2.24, 2.45) is 4.99 Å². The van der Waals surface area contributed by atoms with Crippen molar-refractivity contribution < 1.29 is 4.74 Å². The number of fused-ring (bicyclic) bond motifs is 4. The van der Waals surface area contributed by atoms with Crippen molar-refractivity contribution in [2.45, 2.75) is 18.9 Å². The smallest absolute Gasteiger partial charge is 0.271 e. The van der Waals surface area contributed by atoms with Crippen LogP contribution in [0.1, 0.15) is 34.7 Å². The summed E-state index contributed by atoms with van der Waals surface area (Å²) in [6.45, 7) is 0. The Kier molecular flexibility index (Phi) is 5.83. The van der Waals surface area contributed by atoms with Gasteiger partial charge in [0.1, 0.15) is 5.75 Å². The Bertz CT molecular complexity index is 2200. The minimum absolute atomic E-state index is 0.0192. The molecule has 42 heavy (non-hydrogen) atoms. The van der Waals surface area contributed by atoms with Gasteiger partial charge in [-0.05, 0) is 59.4 Å². The number of thiazole rings is 1. The van der Waals surface area contributed by atoms with Crippen molar-refractivity contribution in [3.8, 4) is 17.0 Å². The molecule has 0 bridgehead atoms. The number of aromatic nitrogens is 2. The van der Waals surface area contributed by atoms with Gasteiger partial charge in [-0.15, -0.1) is 0 Å². The first-order valence-corrected chi connectivity index (χ1v) is 14.9. The molecule has 0 amide bonds. The van der Waals surface area contributed by atoms with E-state index in [9.17, 15) is 4.79 Å². The molecule has 2 aromatic heterocycles. The van der Waals surface area contributed by atoms with E-state index in [1.54, 1.807) is 7.11 Å². The van der Waals surface area contributed by atoms with Crippen molar-refractivity contribution >= 4 is 34.0 Å². The highest BCUT2D eigenvalue weighted by molar-refractivity contribution is 7.07. The lowest BCUT2D eigenvalue weighted by Crippen LogP contribution is -2.38. The Morgan fingerprint density at radius 2 is 1.67 bits per heavy atom. The molecule has 1 atom stereocenters. The SMILES string of the molecule is COc1ccc([C@@H]2C3=C(N=c4s/c(=C/c5c(-c6ccccc6)[nH]c6ccccc56)c(=O)n42)c2ccccc2CC3)cc1. The van der Waals surface area contributed by atoms with E-state index in [0.29, 0.717) is 4.53 Å². The van der Waals surface area contributed by atoms with Gasteiger partial charge < -0.3 is 9.72 Å². The lowest BCUT2D eigenvalue weighted by atomic mass is 9.83. The average Bonchev–Trinajstić information content (AvgIpc) is 3.57. The second-order valence-electron chi connectivity index (χ2n) is 10.7. The third-order valence-electron chi connectivity index (χ3n) is 8.39. The van der Waals surface area contributed by atoms with E-state index in [0.717, 1.165) is 67.9 Å². The number of nitrogens with one attached hydrogen (secondary N) is 1. The molecule has 0 radical (unpaired) electrons. The number of aryl methyl sites for hydroxylation is 1. The first kappa shape index (κ1) is 24.8. The highest BCUT2D eigenvalue weighted by Crippen LogP contribution is 2.41. The normalized spacial score (nSPS) is 16.1. The van der Waals surface area contributed by atoms with Crippen LogP contribution in [0.4, 0.5) is 0 Å². The molecule has 4 aromatic carbocycles. The van der Waals surface area contributed by atoms with Crippen LogP contribution in [-0.4, -0.2) is 16.7 Å². The van der Waals surface area contributed by atoms with Gasteiger partial charge in [0.15, 0.2) is 4.80 Å². The molecule has 8 rings (SSSR count). The number of rotatable bonds is 4. The Morgan fingerprint density at radius 3 is 2.50 bits per heavy atom. The number of nitrogens with zero attached hydrogens (tertiary/aromatic N) is 2. The van der Waals surface area contributed by atoms with Crippen molar-refractivity contribution in [1.82, 2.24) is 9.55 Å². The van der Waals surface area contributed by atoms with Gasteiger partial charge in [0, 0.05) is 22.0 Å². The number of allylic oxidation sites excluding steroid dienone is 1. The predicted molar refractivity (Wildman–Crippen MR) is 169 cm³/mol. The molecule has 0 fully saturated rings. The molecule has 6 aromatic rings. The number of benzene rings is 4. The topological polar surface area (TPSA) is 59.4 Å². The molecular weight excluding hydrogens is 538 g/mol. The fourth-order valence-corrected chi connectivity index (χ4v) is 7.37. The largest absolute Gasteiger partial charge is 0.497 e. The van der Waals surface area contributed by atoms with Gasteiger partial charge in [0.05, 0.1) is 29.1 Å². The summed E-state index contributed by atoms with van der Waals surface area (Å²) in [5.41, 5.74) is 9.83. The van der Waals surface area contributed by atoms with Crippen LogP contribution in [0.2, 0.25) is 0 Å². The van der Waals surface area contributed by atoms with E-state index in [1.807, 2.05) is 53.1 Å². The summed E-state index contributed by atoms with van der Waals surface area (Å²) >= 11 is 1.46. The number of ether oxygens (including phenoxy) is 1. The third kappa shape index (κ3) is 3.90. The third-order valence-corrected chi connectivity index (χ3v) is 9.37. The van der Waals surface area contributed by atoms with E-state index in [-0.39, 0.29) is 11.6 Å². The van der Waals surface area contributed by atoms with Gasteiger partial charge in [-0.1, -0.05) is 96.3 Å². The Labute approximate surface area is 246 Å². The molecule has 0 spiro atoms. The first-order valence-electron chi connectivity index (χ1n) is 14.1. The molecule has 0 saturated heterocycles. The summed E-state index contributed by atoms with van der Waals surface area (Å²) in [5, 5.41) is 1.09. The van der Waals surface area contributed by atoms with E-state index in [2.05, 4.69) is 65.6 Å². The van der Waals surface area contributed by atoms with Crippen LogP contribution < -0.4 is 19.6 Å². The number of H-pyrrole nitrogens is 1. The van der Waals surface area contributed by atoms with Crippen molar-refractivity contribution in [3.63, 3.8) is 0 Å². The summed E-state index contributed by atoms with van der Waals surface area (Å²) in [4.78, 5) is 23.9. The molecule has 204 valence electrons. The van der Waals surface area contributed by atoms with E-state index in [4.69, 9.17) is 9.73 Å². The Balaban J connectivity index is 1.39. The Morgan fingerprint density at radius 1 is 0.905 bits per heavy atom. The molecule has 3 heterocycles. The quantitative estimate of drug-likeness (QED) is 0.266. The molecule has 0 saturated carbocycles. The summed E-state index contributed by atoms with van der Waals surface area (Å²) in [5.74, 6) is 0.794. The minimum Gasteiger partial charge on any atom is -0.497 e. The van der Waals surface area contributed by atoms with Crippen LogP contribution >= 0.6 is 11.3 Å². The van der Waals surface area contributed by atoms with Gasteiger partial charge >= 0.3 is 0 Å². The highest BCUT2D eigenvalue weighted by atomic mass is 32.1. The molecule has 1 aliphatic heterocycles. The fourth-order valence-electron chi connectivity index (χ4n) is 6.39. The molecule has 1 N–H and O–H groups in total. The minimum atomic E-state index is -0.228. The Hall–Kier alpha value is -4.94. The van der Waals surface area contributed by atoms with Crippen molar-refractivity contribution in [1.29, 1.82) is 0 Å². The maximum absolute atomic E-state index is 14.4. The van der Waals surface area contributed by atoms with Gasteiger partial charge in [-0.3, -0.25) is 9.36 Å². The van der Waals surface area contributed by atoms with Crippen LogP contribution in [0.25, 0.3) is 33.9 Å². The predicted octanol–water partition coefficient (Wildman–Crippen LogP) is 6.48. The number of aromatic amines is 1. The summed E-state index contributed by atoms with van der Waals surface area (Å²) in [7, 11) is 1.67. The maximum Gasteiger partial charge on any atom is 0.271 e.